The smallest absolute Gasteiger partial charge is 0.252 e. The van der Waals surface area contributed by atoms with Crippen molar-refractivity contribution in [3.05, 3.63) is 53.7 Å². The number of rotatable bonds is 6. The van der Waals surface area contributed by atoms with E-state index in [1.54, 1.807) is 24.3 Å². The van der Waals surface area contributed by atoms with Crippen LogP contribution in [0.15, 0.2) is 40.9 Å². The van der Waals surface area contributed by atoms with Crippen molar-refractivity contribution in [2.24, 2.45) is 17.8 Å². The van der Waals surface area contributed by atoms with Crippen LogP contribution in [0.1, 0.15) is 73.6 Å². The van der Waals surface area contributed by atoms with Gasteiger partial charge in [0.1, 0.15) is 6.04 Å². The largest absolute Gasteiger partial charge is 0.340 e. The van der Waals surface area contributed by atoms with Crippen LogP contribution in [-0.4, -0.2) is 27.9 Å². The van der Waals surface area contributed by atoms with Gasteiger partial charge in [-0.25, -0.2) is 5.01 Å². The number of amides is 3. The molecule has 172 valence electrons. The van der Waals surface area contributed by atoms with Gasteiger partial charge in [0.05, 0.1) is 17.5 Å². The van der Waals surface area contributed by atoms with Gasteiger partial charge in [0, 0.05) is 11.5 Å². The van der Waals surface area contributed by atoms with Crippen molar-refractivity contribution in [3.63, 3.8) is 0 Å². The van der Waals surface area contributed by atoms with E-state index in [1.807, 2.05) is 26.0 Å². The summed E-state index contributed by atoms with van der Waals surface area (Å²) in [6, 6.07) is 6.23. The number of benzene rings is 1. The Hall–Kier alpha value is -3.49. The summed E-state index contributed by atoms with van der Waals surface area (Å²) in [5.74, 6) is 0.0887. The number of aromatic nitrogens is 2. The summed E-state index contributed by atoms with van der Waals surface area (Å²) in [5, 5.41) is 8.30. The minimum absolute atomic E-state index is 0.0314. The summed E-state index contributed by atoms with van der Waals surface area (Å²) in [6.07, 6.45) is 7.11. The number of anilines is 1. The first kappa shape index (κ1) is 21.4. The summed E-state index contributed by atoms with van der Waals surface area (Å²) in [5.41, 5.74) is 3.51. The Kier molecular flexibility index (Phi) is 5.47. The highest BCUT2D eigenvalue weighted by molar-refractivity contribution is 6.05. The first-order valence-corrected chi connectivity index (χ1v) is 11.5. The molecule has 1 aliphatic heterocycles. The molecule has 33 heavy (non-hydrogen) atoms. The summed E-state index contributed by atoms with van der Waals surface area (Å²) < 4.78 is 5.44. The molecular weight excluding hydrogens is 422 g/mol. The Morgan fingerprint density at radius 2 is 1.94 bits per heavy atom. The van der Waals surface area contributed by atoms with Crippen LogP contribution in [0.3, 0.4) is 0 Å². The molecule has 3 unspecified atom stereocenters. The van der Waals surface area contributed by atoms with Crippen LogP contribution in [0, 0.1) is 17.8 Å². The van der Waals surface area contributed by atoms with Gasteiger partial charge >= 0.3 is 0 Å². The lowest BCUT2D eigenvalue weighted by molar-refractivity contribution is -0.139. The van der Waals surface area contributed by atoms with E-state index in [0.717, 1.165) is 12.8 Å². The Bertz CT molecular complexity index is 1120. The van der Waals surface area contributed by atoms with E-state index in [9.17, 15) is 14.4 Å². The van der Waals surface area contributed by atoms with Crippen LogP contribution in [0.5, 0.6) is 0 Å². The van der Waals surface area contributed by atoms with E-state index >= 15 is 0 Å². The molecular formula is C24H27N5O4. The number of hydrogen-bond acceptors (Lipinski definition) is 6. The van der Waals surface area contributed by atoms with Crippen LogP contribution < -0.4 is 15.8 Å². The molecule has 2 fully saturated rings. The molecule has 0 spiro atoms. The third-order valence-electron chi connectivity index (χ3n) is 6.51. The number of hydrogen-bond donors (Lipinski definition) is 2. The van der Waals surface area contributed by atoms with Gasteiger partial charge in [0.2, 0.25) is 17.7 Å². The Labute approximate surface area is 191 Å². The van der Waals surface area contributed by atoms with Crippen LogP contribution in [0.4, 0.5) is 5.69 Å². The number of hydrazine groups is 1. The third kappa shape index (κ3) is 4.15. The maximum atomic E-state index is 13.1. The number of allylic oxidation sites excluding steroid dienone is 2. The molecule has 1 aromatic carbocycles. The standard InChI is InChI=1S/C24H27N5O4/c1-13(2)19(23-26-20(28-33-23)14-10-11-14)25-21(30)15-6-5-7-16(12-15)29-24(32)18-9-4-3-8-17(18)22(31)27-29/h3-7,12-14,17-19H,8-11H2,1-2H3,(H,25,30)(H,27,31). The molecule has 3 atom stereocenters. The van der Waals surface area contributed by atoms with Crippen molar-refractivity contribution >= 4 is 23.4 Å². The Morgan fingerprint density at radius 1 is 1.18 bits per heavy atom. The highest BCUT2D eigenvalue weighted by Gasteiger charge is 2.42. The number of nitrogens with one attached hydrogen (secondary N) is 2. The normalized spacial score (nSPS) is 23.3. The molecule has 5 rings (SSSR count). The molecule has 1 aromatic heterocycles. The van der Waals surface area contributed by atoms with E-state index in [1.165, 1.54) is 5.01 Å². The van der Waals surface area contributed by atoms with Crippen molar-refractivity contribution in [2.75, 3.05) is 5.01 Å². The molecule has 9 heteroatoms. The fourth-order valence-electron chi connectivity index (χ4n) is 4.39. The average Bonchev–Trinajstić information content (AvgIpc) is 3.56. The van der Waals surface area contributed by atoms with Crippen molar-refractivity contribution in [1.82, 2.24) is 20.9 Å². The maximum absolute atomic E-state index is 13.1. The van der Waals surface area contributed by atoms with Crippen molar-refractivity contribution in [2.45, 2.75) is 51.5 Å². The molecule has 2 heterocycles. The fourth-order valence-corrected chi connectivity index (χ4v) is 4.39. The van der Waals surface area contributed by atoms with Crippen LogP contribution in [-0.2, 0) is 9.59 Å². The summed E-state index contributed by atoms with van der Waals surface area (Å²) in [6.45, 7) is 3.94. The quantitative estimate of drug-likeness (QED) is 0.655. The zero-order chi connectivity index (χ0) is 23.1. The SMILES string of the molecule is CC(C)C(NC(=O)c1cccc(N2NC(=O)C3CC=CCC3C2=O)c1)c1nc(C2CC2)no1. The van der Waals surface area contributed by atoms with Gasteiger partial charge in [0.15, 0.2) is 5.82 Å². The molecule has 0 radical (unpaired) electrons. The van der Waals surface area contributed by atoms with Crippen LogP contribution in [0.25, 0.3) is 0 Å². The lowest BCUT2D eigenvalue weighted by Crippen LogP contribution is -2.59. The Balaban J connectivity index is 1.34. The van der Waals surface area contributed by atoms with Gasteiger partial charge in [-0.15, -0.1) is 0 Å². The van der Waals surface area contributed by atoms with Crippen LogP contribution >= 0.6 is 0 Å². The molecule has 2 aliphatic carbocycles. The molecule has 2 aromatic rings. The second-order valence-corrected chi connectivity index (χ2v) is 9.32. The van der Waals surface area contributed by atoms with Gasteiger partial charge in [-0.1, -0.05) is 37.2 Å². The summed E-state index contributed by atoms with van der Waals surface area (Å²) in [7, 11) is 0. The Morgan fingerprint density at radius 3 is 2.67 bits per heavy atom. The van der Waals surface area contributed by atoms with E-state index in [4.69, 9.17) is 4.52 Å². The predicted molar refractivity (Wildman–Crippen MR) is 119 cm³/mol. The first-order valence-electron chi connectivity index (χ1n) is 11.5. The highest BCUT2D eigenvalue weighted by Crippen LogP contribution is 2.39. The van der Waals surface area contributed by atoms with Gasteiger partial charge < -0.3 is 9.84 Å². The molecule has 9 nitrogen and oxygen atoms in total. The number of carbonyl (C=O) groups excluding carboxylic acids is 3. The molecule has 1 saturated carbocycles. The molecule has 3 aliphatic rings. The molecule has 1 saturated heterocycles. The number of carbonyl (C=O) groups is 3. The minimum atomic E-state index is -0.438. The zero-order valence-corrected chi connectivity index (χ0v) is 18.7. The van der Waals surface area contributed by atoms with E-state index in [0.29, 0.717) is 41.7 Å². The van der Waals surface area contributed by atoms with Crippen molar-refractivity contribution in [3.8, 4) is 0 Å². The number of fused-ring (bicyclic) bond motifs is 1. The lowest BCUT2D eigenvalue weighted by Gasteiger charge is -2.38. The zero-order valence-electron chi connectivity index (χ0n) is 18.7. The van der Waals surface area contributed by atoms with Crippen LogP contribution in [0.2, 0.25) is 0 Å². The van der Waals surface area contributed by atoms with Gasteiger partial charge in [-0.2, -0.15) is 4.98 Å². The monoisotopic (exact) mass is 449 g/mol. The number of nitrogens with zero attached hydrogens (tertiary/aromatic N) is 3. The third-order valence-corrected chi connectivity index (χ3v) is 6.51. The predicted octanol–water partition coefficient (Wildman–Crippen LogP) is 3.03. The van der Waals surface area contributed by atoms with Gasteiger partial charge in [-0.05, 0) is 49.8 Å². The van der Waals surface area contributed by atoms with E-state index in [2.05, 4.69) is 20.9 Å². The topological polar surface area (TPSA) is 117 Å². The van der Waals surface area contributed by atoms with Crippen molar-refractivity contribution < 1.29 is 18.9 Å². The summed E-state index contributed by atoms with van der Waals surface area (Å²) >= 11 is 0. The summed E-state index contributed by atoms with van der Waals surface area (Å²) in [4.78, 5) is 43.2. The molecule has 0 bridgehead atoms. The minimum Gasteiger partial charge on any atom is -0.340 e. The second-order valence-electron chi connectivity index (χ2n) is 9.32. The second kappa shape index (κ2) is 8.46. The first-order chi connectivity index (χ1) is 15.9. The molecule has 2 N–H and O–H groups in total. The van der Waals surface area contributed by atoms with Crippen molar-refractivity contribution in [1.29, 1.82) is 0 Å². The highest BCUT2D eigenvalue weighted by atomic mass is 16.5. The lowest BCUT2D eigenvalue weighted by atomic mass is 9.80. The van der Waals surface area contributed by atoms with Gasteiger partial charge in [-0.3, -0.25) is 19.8 Å². The van der Waals surface area contributed by atoms with Gasteiger partial charge in [0.25, 0.3) is 5.91 Å². The van der Waals surface area contributed by atoms with E-state index < -0.39 is 6.04 Å². The average molecular weight is 450 g/mol. The fraction of sp³-hybridized carbons (Fsp3) is 0.458. The molecule has 3 amide bonds. The maximum Gasteiger partial charge on any atom is 0.252 e. The van der Waals surface area contributed by atoms with E-state index in [-0.39, 0.29) is 35.5 Å².